The molecule has 0 amide bonds. The topological polar surface area (TPSA) is 75.2 Å². The summed E-state index contributed by atoms with van der Waals surface area (Å²) in [4.78, 5) is 9.07. The lowest BCUT2D eigenvalue weighted by Gasteiger charge is -2.42. The van der Waals surface area contributed by atoms with Gasteiger partial charge in [-0.1, -0.05) is 18.2 Å². The third-order valence-corrected chi connectivity index (χ3v) is 9.45. The number of hydrogen-bond acceptors (Lipinski definition) is 6. The molecule has 1 aromatic heterocycles. The van der Waals surface area contributed by atoms with Crippen molar-refractivity contribution in [3.63, 3.8) is 0 Å². The maximum Gasteiger partial charge on any atom is 0.416 e. The number of likely N-dealkylation sites (tertiary alicyclic amines) is 1. The van der Waals surface area contributed by atoms with Gasteiger partial charge in [0.1, 0.15) is 22.9 Å². The molecule has 2 heterocycles. The number of aromatic nitrogens is 2. The summed E-state index contributed by atoms with van der Waals surface area (Å²) in [6.45, 7) is 1.63. The average Bonchev–Trinajstić information content (AvgIpc) is 3.45. The van der Waals surface area contributed by atoms with E-state index >= 15 is 8.78 Å². The monoisotopic (exact) mass is 580 g/mol. The van der Waals surface area contributed by atoms with Crippen molar-refractivity contribution in [2.45, 2.75) is 66.9 Å². The molecular weight excluding hydrogens is 551 g/mol. The molecule has 1 saturated carbocycles. The van der Waals surface area contributed by atoms with Crippen molar-refractivity contribution in [1.82, 2.24) is 14.9 Å². The SMILES string of the molecule is O=S(=O)(Cc1ccncn1)c1cc(F)c(N[C@H]2CC[C@H](c3cccc(C(F)(F)F)c3)C[C@@H]2N2CCCC2)cc1F. The highest BCUT2D eigenvalue weighted by Gasteiger charge is 2.38. The van der Waals surface area contributed by atoms with Gasteiger partial charge in [-0.05, 0) is 74.9 Å². The first-order valence-corrected chi connectivity index (χ1v) is 14.8. The molecule has 5 rings (SSSR count). The summed E-state index contributed by atoms with van der Waals surface area (Å²) >= 11 is 0. The third-order valence-electron chi connectivity index (χ3n) is 7.79. The Bertz CT molecular complexity index is 1450. The van der Waals surface area contributed by atoms with E-state index in [1.54, 1.807) is 6.07 Å². The highest BCUT2D eigenvalue weighted by Crippen LogP contribution is 2.40. The fraction of sp³-hybridized carbons (Fsp3) is 0.429. The van der Waals surface area contributed by atoms with Gasteiger partial charge in [-0.3, -0.25) is 4.90 Å². The molecule has 0 radical (unpaired) electrons. The molecule has 2 aliphatic rings. The zero-order valence-electron chi connectivity index (χ0n) is 21.5. The molecule has 1 N–H and O–H groups in total. The van der Waals surface area contributed by atoms with Crippen LogP contribution in [0.2, 0.25) is 0 Å². The number of nitrogens with one attached hydrogen (secondary N) is 1. The van der Waals surface area contributed by atoms with Gasteiger partial charge in [-0.15, -0.1) is 0 Å². The lowest BCUT2D eigenvalue weighted by atomic mass is 9.77. The molecule has 2 fully saturated rings. The number of rotatable bonds is 7. The molecule has 3 atom stereocenters. The second kappa shape index (κ2) is 11.4. The molecule has 40 heavy (non-hydrogen) atoms. The predicted molar refractivity (Wildman–Crippen MR) is 139 cm³/mol. The maximum absolute atomic E-state index is 15.2. The molecule has 0 bridgehead atoms. The van der Waals surface area contributed by atoms with Gasteiger partial charge in [0.15, 0.2) is 9.84 Å². The first-order valence-electron chi connectivity index (χ1n) is 13.2. The number of halogens is 5. The van der Waals surface area contributed by atoms with Crippen LogP contribution in [0.15, 0.2) is 59.9 Å². The van der Waals surface area contributed by atoms with Gasteiger partial charge >= 0.3 is 6.18 Å². The van der Waals surface area contributed by atoms with E-state index in [0.29, 0.717) is 30.9 Å². The summed E-state index contributed by atoms with van der Waals surface area (Å²) < 4.78 is 95.8. The second-order valence-corrected chi connectivity index (χ2v) is 12.4. The Balaban J connectivity index is 1.36. The number of sulfone groups is 1. The number of nitrogens with zero attached hydrogens (tertiary/aromatic N) is 3. The van der Waals surface area contributed by atoms with Crippen LogP contribution in [0, 0.1) is 11.6 Å². The Morgan fingerprint density at radius 2 is 1.77 bits per heavy atom. The van der Waals surface area contributed by atoms with Crippen molar-refractivity contribution in [2.24, 2.45) is 0 Å². The molecule has 3 aromatic rings. The fourth-order valence-electron chi connectivity index (χ4n) is 5.82. The minimum absolute atomic E-state index is 0.109. The van der Waals surface area contributed by atoms with Gasteiger partial charge in [-0.25, -0.2) is 27.2 Å². The van der Waals surface area contributed by atoms with E-state index < -0.39 is 43.9 Å². The van der Waals surface area contributed by atoms with Crippen LogP contribution in [0.5, 0.6) is 0 Å². The van der Waals surface area contributed by atoms with Crippen molar-refractivity contribution in [3.8, 4) is 0 Å². The predicted octanol–water partition coefficient (Wildman–Crippen LogP) is 5.96. The van der Waals surface area contributed by atoms with E-state index in [-0.39, 0.29) is 29.4 Å². The van der Waals surface area contributed by atoms with Crippen LogP contribution in [0.25, 0.3) is 0 Å². The van der Waals surface area contributed by atoms with E-state index in [4.69, 9.17) is 0 Å². The van der Waals surface area contributed by atoms with Crippen LogP contribution in [0.3, 0.4) is 0 Å². The summed E-state index contributed by atoms with van der Waals surface area (Å²) in [7, 11) is -4.21. The Morgan fingerprint density at radius 3 is 2.48 bits per heavy atom. The molecular formula is C28H29F5N4O2S. The third kappa shape index (κ3) is 6.27. The molecule has 1 saturated heterocycles. The van der Waals surface area contributed by atoms with Gasteiger partial charge in [-0.2, -0.15) is 13.2 Å². The molecule has 1 aliphatic heterocycles. The number of alkyl halides is 3. The Labute approximate surface area is 229 Å². The summed E-state index contributed by atoms with van der Waals surface area (Å²) in [5.41, 5.74) is -0.0589. The van der Waals surface area contributed by atoms with Crippen LogP contribution in [0.4, 0.5) is 27.6 Å². The first-order chi connectivity index (χ1) is 19.0. The largest absolute Gasteiger partial charge is 0.416 e. The van der Waals surface area contributed by atoms with Gasteiger partial charge in [0, 0.05) is 24.3 Å². The van der Waals surface area contributed by atoms with Gasteiger partial charge in [0.25, 0.3) is 0 Å². The molecule has 6 nitrogen and oxygen atoms in total. The smallest absolute Gasteiger partial charge is 0.378 e. The Morgan fingerprint density at radius 1 is 1.00 bits per heavy atom. The van der Waals surface area contributed by atoms with Crippen molar-refractivity contribution in [3.05, 3.63) is 83.4 Å². The summed E-state index contributed by atoms with van der Waals surface area (Å²) in [5, 5.41) is 3.10. The summed E-state index contributed by atoms with van der Waals surface area (Å²) in [5.74, 6) is -2.69. The van der Waals surface area contributed by atoms with E-state index in [1.807, 2.05) is 0 Å². The number of hydrogen-bond donors (Lipinski definition) is 1. The van der Waals surface area contributed by atoms with Crippen LogP contribution in [-0.2, 0) is 21.8 Å². The number of anilines is 1. The second-order valence-electron chi connectivity index (χ2n) is 10.4. The average molecular weight is 581 g/mol. The molecule has 214 valence electrons. The van der Waals surface area contributed by atoms with Crippen molar-refractivity contribution in [1.29, 1.82) is 0 Å². The van der Waals surface area contributed by atoms with Gasteiger partial charge in [0.05, 0.1) is 22.7 Å². The highest BCUT2D eigenvalue weighted by atomic mass is 32.2. The fourth-order valence-corrected chi connectivity index (χ4v) is 7.17. The van der Waals surface area contributed by atoms with Crippen LogP contribution >= 0.6 is 0 Å². The summed E-state index contributed by atoms with van der Waals surface area (Å²) in [6, 6.07) is 7.93. The van der Waals surface area contributed by atoms with E-state index in [2.05, 4.69) is 20.2 Å². The first kappa shape index (κ1) is 28.4. The van der Waals surface area contributed by atoms with Crippen molar-refractivity contribution >= 4 is 15.5 Å². The van der Waals surface area contributed by atoms with Gasteiger partial charge < -0.3 is 5.32 Å². The van der Waals surface area contributed by atoms with E-state index in [0.717, 1.165) is 38.1 Å². The minimum atomic E-state index is -4.43. The molecule has 12 heteroatoms. The van der Waals surface area contributed by atoms with Crippen LogP contribution in [-0.4, -0.2) is 48.5 Å². The van der Waals surface area contributed by atoms with Crippen LogP contribution in [0.1, 0.15) is 54.8 Å². The normalized spacial score (nSPS) is 22.4. The minimum Gasteiger partial charge on any atom is -0.378 e. The zero-order valence-corrected chi connectivity index (χ0v) is 22.4. The highest BCUT2D eigenvalue weighted by molar-refractivity contribution is 7.90. The Hall–Kier alpha value is -3.12. The lowest BCUT2D eigenvalue weighted by Crippen LogP contribution is -2.49. The van der Waals surface area contributed by atoms with E-state index in [9.17, 15) is 21.6 Å². The Kier molecular flexibility index (Phi) is 8.10. The van der Waals surface area contributed by atoms with Crippen molar-refractivity contribution < 1.29 is 30.4 Å². The zero-order chi connectivity index (χ0) is 28.5. The molecule has 0 spiro atoms. The molecule has 2 aromatic carbocycles. The van der Waals surface area contributed by atoms with Gasteiger partial charge in [0.2, 0.25) is 0 Å². The van der Waals surface area contributed by atoms with Crippen molar-refractivity contribution in [2.75, 3.05) is 18.4 Å². The molecule has 0 unspecified atom stereocenters. The molecule has 1 aliphatic carbocycles. The summed E-state index contributed by atoms with van der Waals surface area (Å²) in [6.07, 6.45) is 1.73. The maximum atomic E-state index is 15.2. The number of benzene rings is 2. The lowest BCUT2D eigenvalue weighted by molar-refractivity contribution is -0.137. The van der Waals surface area contributed by atoms with E-state index in [1.165, 1.54) is 30.7 Å². The quantitative estimate of drug-likeness (QED) is 0.348. The standard InChI is InChI=1S/C28H29F5N4O2S/c29-22-15-27(40(38,39)16-21-8-9-34-17-35-21)23(30)14-25(22)36-24-7-6-19(13-26(24)37-10-1-2-11-37)18-4-3-5-20(12-18)28(31,32)33/h3-5,8-9,12,14-15,17,19,24,26,36H,1-2,6-7,10-11,13,16H2/t19-,24-,26-/m0/s1. The van der Waals surface area contributed by atoms with Crippen LogP contribution < -0.4 is 5.32 Å².